The quantitative estimate of drug-likeness (QED) is 0.0272. The summed E-state index contributed by atoms with van der Waals surface area (Å²) in [5.74, 6) is -0.421. The van der Waals surface area contributed by atoms with Crippen LogP contribution in [0.4, 0.5) is 17.5 Å². The molecule has 0 aliphatic carbocycles. The predicted molar refractivity (Wildman–Crippen MR) is 230 cm³/mol. The number of unbranched alkanes of at least 4 members (excludes halogenated alkanes) is 10. The number of aromatic amines is 1. The number of esters is 2. The monoisotopic (exact) mass is 778 g/mol. The van der Waals surface area contributed by atoms with Gasteiger partial charge in [-0.2, -0.15) is 4.98 Å². The fourth-order valence-electron chi connectivity index (χ4n) is 5.90. The number of rotatable bonds is 33. The molecule has 1 aromatic heterocycles. The van der Waals surface area contributed by atoms with E-state index < -0.39 is 17.9 Å². The number of anilines is 3. The maximum Gasteiger partial charge on any atom is 0.309 e. The number of carbonyl (C=O) groups is 2. The first kappa shape index (κ1) is 47.8. The van der Waals surface area contributed by atoms with Gasteiger partial charge in [-0.25, -0.2) is 0 Å². The van der Waals surface area contributed by atoms with Gasteiger partial charge in [0.15, 0.2) is 5.82 Å². The SMILES string of the molecule is CCC=CCC=CCC=CCCCCCCCC(=O)OCCCOC(OC(=O)CCCCCCCC=CCC=CCC=CCC)N1CNc2c1nc(N)[nH]c2=O. The van der Waals surface area contributed by atoms with E-state index >= 15 is 0 Å². The number of hydrogen-bond acceptors (Lipinski definition) is 10. The van der Waals surface area contributed by atoms with Gasteiger partial charge in [0.05, 0.1) is 19.9 Å². The third-order valence-electron chi connectivity index (χ3n) is 8.98. The van der Waals surface area contributed by atoms with E-state index in [0.717, 1.165) is 109 Å². The molecule has 0 bridgehead atoms. The van der Waals surface area contributed by atoms with E-state index in [9.17, 15) is 14.4 Å². The predicted octanol–water partition coefficient (Wildman–Crippen LogP) is 10.5. The standard InChI is InChI=1S/C45H71N5O6/c1-3-5-7-9-11-13-15-17-19-21-23-25-27-29-31-34-39(51)54-36-33-37-55-45(50-38-47-41-42(50)48-44(46)49-43(41)53)56-40(52)35-32-30-28-26-24-22-20-18-16-14-12-10-8-6-4-2/h5-8,11-14,17-20,45,47H,3-4,9-10,15-16,21-38H2,1-2H3,(H3,46,48,49,53). The van der Waals surface area contributed by atoms with Crippen LogP contribution in [0.2, 0.25) is 0 Å². The van der Waals surface area contributed by atoms with E-state index in [-0.39, 0.29) is 49.7 Å². The highest BCUT2D eigenvalue weighted by Gasteiger charge is 2.32. The minimum atomic E-state index is -1.12. The highest BCUT2D eigenvalue weighted by Crippen LogP contribution is 2.28. The second kappa shape index (κ2) is 32.8. The van der Waals surface area contributed by atoms with Crippen LogP contribution < -0.4 is 21.5 Å². The van der Waals surface area contributed by atoms with Crippen molar-refractivity contribution in [3.8, 4) is 0 Å². The van der Waals surface area contributed by atoms with E-state index in [1.165, 1.54) is 0 Å². The molecular weight excluding hydrogens is 707 g/mol. The number of nitrogens with two attached hydrogens (primary N) is 1. The van der Waals surface area contributed by atoms with Crippen molar-refractivity contribution in [2.45, 2.75) is 155 Å². The lowest BCUT2D eigenvalue weighted by Crippen LogP contribution is -2.41. The van der Waals surface area contributed by atoms with Crippen LogP contribution in [-0.2, 0) is 23.8 Å². The Bertz CT molecular complexity index is 1450. The van der Waals surface area contributed by atoms with E-state index in [1.54, 1.807) is 4.90 Å². The average Bonchev–Trinajstić information content (AvgIpc) is 3.61. The number of H-pyrrole nitrogens is 1. The molecule has 2 rings (SSSR count). The first-order valence-corrected chi connectivity index (χ1v) is 21.2. The molecule has 1 aromatic rings. The van der Waals surface area contributed by atoms with Gasteiger partial charge < -0.3 is 25.3 Å². The number of nitrogens with zero attached hydrogens (tertiary/aromatic N) is 2. The molecule has 4 N–H and O–H groups in total. The molecule has 0 spiro atoms. The fraction of sp³-hybridized carbons (Fsp3) is 0.600. The summed E-state index contributed by atoms with van der Waals surface area (Å²) in [4.78, 5) is 45.8. The van der Waals surface area contributed by atoms with Crippen LogP contribution in [-0.4, -0.2) is 48.2 Å². The number of nitrogen functional groups attached to an aromatic ring is 1. The summed E-state index contributed by atoms with van der Waals surface area (Å²) in [5, 5.41) is 2.98. The van der Waals surface area contributed by atoms with E-state index in [4.69, 9.17) is 19.9 Å². The van der Waals surface area contributed by atoms with E-state index in [1.807, 2.05) is 0 Å². The van der Waals surface area contributed by atoms with Gasteiger partial charge in [-0.3, -0.25) is 24.3 Å². The normalized spacial score (nSPS) is 13.6. The molecule has 1 aliphatic rings. The molecule has 56 heavy (non-hydrogen) atoms. The topological polar surface area (TPSA) is 149 Å². The zero-order chi connectivity index (χ0) is 40.3. The van der Waals surface area contributed by atoms with Crippen molar-refractivity contribution < 1.29 is 23.8 Å². The third-order valence-corrected chi connectivity index (χ3v) is 8.98. The number of fused-ring (bicyclic) bond motifs is 1. The molecule has 312 valence electrons. The molecule has 1 atom stereocenters. The van der Waals surface area contributed by atoms with E-state index in [2.05, 4.69) is 102 Å². The van der Waals surface area contributed by atoms with Gasteiger partial charge in [0.1, 0.15) is 5.69 Å². The summed E-state index contributed by atoms with van der Waals surface area (Å²) in [6.45, 7) is 4.79. The van der Waals surface area contributed by atoms with Crippen LogP contribution >= 0.6 is 0 Å². The summed E-state index contributed by atoms with van der Waals surface area (Å²) in [6, 6.07) is 0. The van der Waals surface area contributed by atoms with Gasteiger partial charge in [-0.05, 0) is 77.0 Å². The van der Waals surface area contributed by atoms with Gasteiger partial charge >= 0.3 is 11.9 Å². The summed E-state index contributed by atoms with van der Waals surface area (Å²) in [5.41, 5.74) is 5.62. The zero-order valence-corrected chi connectivity index (χ0v) is 34.4. The second-order valence-corrected chi connectivity index (χ2v) is 13.9. The summed E-state index contributed by atoms with van der Waals surface area (Å²) in [7, 11) is 0. The molecule has 0 radical (unpaired) electrons. The fourth-order valence-corrected chi connectivity index (χ4v) is 5.90. The smallest absolute Gasteiger partial charge is 0.309 e. The Morgan fingerprint density at radius 2 is 1.18 bits per heavy atom. The average molecular weight is 778 g/mol. The summed E-state index contributed by atoms with van der Waals surface area (Å²) in [6.07, 6.45) is 44.9. The summed E-state index contributed by atoms with van der Waals surface area (Å²) < 4.78 is 17.1. The number of hydrogen-bond donors (Lipinski definition) is 3. The Kier molecular flexibility index (Phi) is 28.0. The Hall–Kier alpha value is -4.38. The Labute approximate surface area is 336 Å². The van der Waals surface area contributed by atoms with Crippen molar-refractivity contribution in [1.29, 1.82) is 0 Å². The third kappa shape index (κ3) is 23.5. The first-order valence-electron chi connectivity index (χ1n) is 21.2. The molecule has 0 saturated heterocycles. The van der Waals surface area contributed by atoms with Crippen molar-refractivity contribution in [2.75, 3.05) is 35.8 Å². The van der Waals surface area contributed by atoms with Crippen LogP contribution in [0.5, 0.6) is 0 Å². The van der Waals surface area contributed by atoms with Gasteiger partial charge in [-0.15, -0.1) is 0 Å². The zero-order valence-electron chi connectivity index (χ0n) is 34.4. The number of aromatic nitrogens is 2. The molecule has 2 heterocycles. The van der Waals surface area contributed by atoms with Crippen molar-refractivity contribution in [2.24, 2.45) is 0 Å². The van der Waals surface area contributed by atoms with Crippen molar-refractivity contribution in [1.82, 2.24) is 9.97 Å². The van der Waals surface area contributed by atoms with Crippen LogP contribution in [0.1, 0.15) is 149 Å². The van der Waals surface area contributed by atoms with Crippen LogP contribution in [0.15, 0.2) is 77.7 Å². The van der Waals surface area contributed by atoms with Crippen molar-refractivity contribution >= 4 is 29.4 Å². The van der Waals surface area contributed by atoms with Crippen LogP contribution in [0.25, 0.3) is 0 Å². The van der Waals surface area contributed by atoms with Gasteiger partial charge in [0.25, 0.3) is 12.0 Å². The van der Waals surface area contributed by atoms with Crippen molar-refractivity contribution in [3.63, 3.8) is 0 Å². The molecule has 0 amide bonds. The minimum Gasteiger partial charge on any atom is -0.466 e. The van der Waals surface area contributed by atoms with Crippen molar-refractivity contribution in [3.05, 3.63) is 83.3 Å². The maximum absolute atomic E-state index is 12.9. The molecule has 0 saturated carbocycles. The lowest BCUT2D eigenvalue weighted by molar-refractivity contribution is -0.179. The number of ether oxygens (including phenoxy) is 3. The summed E-state index contributed by atoms with van der Waals surface area (Å²) >= 11 is 0. The molecule has 0 aromatic carbocycles. The van der Waals surface area contributed by atoms with Crippen LogP contribution in [0, 0.1) is 0 Å². The highest BCUT2D eigenvalue weighted by atomic mass is 16.7. The molecule has 11 heteroatoms. The second-order valence-electron chi connectivity index (χ2n) is 13.9. The molecule has 1 aliphatic heterocycles. The Morgan fingerprint density at radius 1 is 0.679 bits per heavy atom. The lowest BCUT2D eigenvalue weighted by Gasteiger charge is -2.27. The highest BCUT2D eigenvalue weighted by molar-refractivity contribution is 5.73. The van der Waals surface area contributed by atoms with E-state index in [0.29, 0.717) is 19.3 Å². The molecular formula is C45H71N5O6. The lowest BCUT2D eigenvalue weighted by atomic mass is 10.1. The first-order chi connectivity index (χ1) is 27.5. The Balaban J connectivity index is 1.62. The molecule has 11 nitrogen and oxygen atoms in total. The van der Waals surface area contributed by atoms with Gasteiger partial charge in [0, 0.05) is 19.3 Å². The largest absolute Gasteiger partial charge is 0.466 e. The molecule has 1 unspecified atom stereocenters. The number of nitrogens with one attached hydrogen (secondary N) is 2. The number of allylic oxidation sites excluding steroid dienone is 12. The van der Waals surface area contributed by atoms with Gasteiger partial charge in [0.2, 0.25) is 5.95 Å². The van der Waals surface area contributed by atoms with Gasteiger partial charge in [-0.1, -0.05) is 125 Å². The maximum atomic E-state index is 12.9. The van der Waals surface area contributed by atoms with Crippen LogP contribution in [0.3, 0.4) is 0 Å². The Morgan fingerprint density at radius 3 is 1.75 bits per heavy atom. The number of carbonyl (C=O) groups excluding carboxylic acids is 2. The minimum absolute atomic E-state index is 0.0512. The molecule has 0 fully saturated rings.